The maximum absolute atomic E-state index is 14.8. The highest BCUT2D eigenvalue weighted by molar-refractivity contribution is 5.94. The molecular formula is C32H27F2N3O4. The van der Waals surface area contributed by atoms with Gasteiger partial charge in [-0.3, -0.25) is 14.3 Å². The normalized spacial score (nSPS) is 11.8. The summed E-state index contributed by atoms with van der Waals surface area (Å²) >= 11 is 0. The second-order valence-electron chi connectivity index (χ2n) is 9.61. The van der Waals surface area contributed by atoms with Gasteiger partial charge < -0.3 is 15.2 Å². The van der Waals surface area contributed by atoms with Gasteiger partial charge in [0, 0.05) is 29.3 Å². The highest BCUT2D eigenvalue weighted by atomic mass is 19.1. The number of hydrogen-bond donors (Lipinski definition) is 2. The van der Waals surface area contributed by atoms with Crippen LogP contribution in [0.4, 0.5) is 8.78 Å². The van der Waals surface area contributed by atoms with E-state index in [2.05, 4.69) is 5.32 Å². The first-order valence-corrected chi connectivity index (χ1v) is 13.0. The van der Waals surface area contributed by atoms with Gasteiger partial charge in [0.15, 0.2) is 0 Å². The van der Waals surface area contributed by atoms with Crippen molar-refractivity contribution in [1.29, 1.82) is 0 Å². The summed E-state index contributed by atoms with van der Waals surface area (Å²) in [6, 6.07) is 23.5. The topological polar surface area (TPSA) is 93.5 Å². The molecule has 5 rings (SSSR count). The van der Waals surface area contributed by atoms with Crippen LogP contribution in [0.15, 0.2) is 84.9 Å². The van der Waals surface area contributed by atoms with Crippen molar-refractivity contribution in [3.63, 3.8) is 0 Å². The van der Waals surface area contributed by atoms with Gasteiger partial charge in [0.25, 0.3) is 5.91 Å². The first-order valence-electron chi connectivity index (χ1n) is 13.0. The zero-order valence-electron chi connectivity index (χ0n) is 22.4. The van der Waals surface area contributed by atoms with Crippen molar-refractivity contribution in [2.24, 2.45) is 0 Å². The number of carbonyl (C=O) groups is 2. The molecule has 4 aromatic carbocycles. The van der Waals surface area contributed by atoms with Gasteiger partial charge in [-0.1, -0.05) is 30.3 Å². The summed E-state index contributed by atoms with van der Waals surface area (Å²) in [6.45, 7) is 1.97. The van der Waals surface area contributed by atoms with Crippen LogP contribution < -0.4 is 10.1 Å². The lowest BCUT2D eigenvalue weighted by molar-refractivity contribution is -0.136. The van der Waals surface area contributed by atoms with Crippen LogP contribution in [0.1, 0.15) is 35.3 Å². The first-order chi connectivity index (χ1) is 19.7. The quantitative estimate of drug-likeness (QED) is 0.217. The monoisotopic (exact) mass is 555 g/mol. The van der Waals surface area contributed by atoms with E-state index in [1.807, 2.05) is 43.3 Å². The van der Waals surface area contributed by atoms with E-state index in [0.717, 1.165) is 39.4 Å². The van der Waals surface area contributed by atoms with Gasteiger partial charge in [0.1, 0.15) is 17.4 Å². The molecule has 9 heteroatoms. The van der Waals surface area contributed by atoms with Gasteiger partial charge in [0.05, 0.1) is 31.0 Å². The fourth-order valence-corrected chi connectivity index (χ4v) is 4.68. The molecule has 7 nitrogen and oxygen atoms in total. The molecule has 0 fully saturated rings. The molecule has 1 unspecified atom stereocenters. The average molecular weight is 556 g/mol. The van der Waals surface area contributed by atoms with Crippen LogP contribution in [0.2, 0.25) is 0 Å². The second-order valence-corrected chi connectivity index (χ2v) is 9.61. The maximum atomic E-state index is 14.8. The van der Waals surface area contributed by atoms with Crippen LogP contribution in [0.25, 0.3) is 33.3 Å². The number of carboxylic acids is 1. The number of fused-ring (bicyclic) bond motifs is 1. The molecule has 0 aliphatic carbocycles. The number of hydrogen-bond acceptors (Lipinski definition) is 4. The molecular weight excluding hydrogens is 528 g/mol. The van der Waals surface area contributed by atoms with Crippen LogP contribution >= 0.6 is 0 Å². The third-order valence-corrected chi connectivity index (χ3v) is 6.93. The molecule has 0 saturated carbocycles. The fourth-order valence-electron chi connectivity index (χ4n) is 4.68. The van der Waals surface area contributed by atoms with Crippen LogP contribution in [-0.4, -0.2) is 40.4 Å². The number of ether oxygens (including phenoxy) is 1. The van der Waals surface area contributed by atoms with E-state index in [9.17, 15) is 18.4 Å². The second kappa shape index (κ2) is 11.6. The van der Waals surface area contributed by atoms with Gasteiger partial charge in [-0.05, 0) is 71.8 Å². The Morgan fingerprint density at radius 1 is 0.951 bits per heavy atom. The summed E-state index contributed by atoms with van der Waals surface area (Å²) in [5.74, 6) is -1.99. The summed E-state index contributed by atoms with van der Waals surface area (Å²) in [6.07, 6.45) is -0.164. The van der Waals surface area contributed by atoms with Crippen molar-refractivity contribution >= 4 is 22.6 Å². The number of amides is 1. The zero-order valence-corrected chi connectivity index (χ0v) is 22.4. The number of nitrogens with zero attached hydrogens (tertiary/aromatic N) is 2. The number of aromatic nitrogens is 2. The zero-order chi connectivity index (χ0) is 29.1. The molecule has 1 amide bonds. The number of nitrogens with one attached hydrogen (secondary N) is 1. The minimum Gasteiger partial charge on any atom is -0.497 e. The van der Waals surface area contributed by atoms with E-state index in [1.54, 1.807) is 42.1 Å². The van der Waals surface area contributed by atoms with E-state index in [-0.39, 0.29) is 30.5 Å². The SMILES string of the molecule is COc1ccc2cc(-c3cc(-c4ccc(F)cc4F)nn3C(C)c3ccc(C(=O)NCCC(=O)O)cc3)ccc2c1. The molecule has 208 valence electrons. The van der Waals surface area contributed by atoms with Crippen LogP contribution in [0, 0.1) is 11.6 Å². The molecule has 0 aliphatic rings. The third-order valence-electron chi connectivity index (χ3n) is 6.93. The van der Waals surface area contributed by atoms with Crippen LogP contribution in [0.3, 0.4) is 0 Å². The molecule has 2 N–H and O–H groups in total. The molecule has 0 radical (unpaired) electrons. The van der Waals surface area contributed by atoms with Gasteiger partial charge in [-0.2, -0.15) is 5.10 Å². The predicted octanol–water partition coefficient (Wildman–Crippen LogP) is 6.47. The summed E-state index contributed by atoms with van der Waals surface area (Å²) in [7, 11) is 1.62. The highest BCUT2D eigenvalue weighted by Gasteiger charge is 2.20. The Labute approximate surface area is 235 Å². The van der Waals surface area contributed by atoms with Crippen molar-refractivity contribution in [2.75, 3.05) is 13.7 Å². The lowest BCUT2D eigenvalue weighted by Crippen LogP contribution is -2.26. The number of benzene rings is 4. The van der Waals surface area contributed by atoms with Crippen LogP contribution in [-0.2, 0) is 4.79 Å². The molecule has 41 heavy (non-hydrogen) atoms. The molecule has 1 aromatic heterocycles. The standard InChI is InChI=1S/C32H27F2N3O4/c1-19(20-3-5-21(6-4-20)32(40)35-14-13-31(38)39)37-30(18-29(36-37)27-12-10-25(33)17-28(27)34)24-8-7-23-16-26(41-2)11-9-22(23)15-24/h3-12,15-19H,13-14H2,1-2H3,(H,35,40)(H,38,39). The van der Waals surface area contributed by atoms with Crippen molar-refractivity contribution in [2.45, 2.75) is 19.4 Å². The lowest BCUT2D eigenvalue weighted by atomic mass is 10.0. The Hall–Kier alpha value is -5.05. The van der Waals surface area contributed by atoms with Crippen molar-refractivity contribution < 1.29 is 28.2 Å². The molecule has 0 bridgehead atoms. The van der Waals surface area contributed by atoms with E-state index >= 15 is 0 Å². The third kappa shape index (κ3) is 5.94. The Bertz CT molecular complexity index is 1750. The number of carbonyl (C=O) groups excluding carboxylic acids is 1. The summed E-state index contributed by atoms with van der Waals surface area (Å²) in [5, 5.41) is 18.1. The Kier molecular flexibility index (Phi) is 7.78. The summed E-state index contributed by atoms with van der Waals surface area (Å²) in [4.78, 5) is 23.1. The van der Waals surface area contributed by atoms with E-state index in [0.29, 0.717) is 11.3 Å². The van der Waals surface area contributed by atoms with Crippen LogP contribution in [0.5, 0.6) is 5.75 Å². The Morgan fingerprint density at radius 3 is 2.39 bits per heavy atom. The van der Waals surface area contributed by atoms with E-state index in [1.165, 1.54) is 12.1 Å². The molecule has 0 saturated heterocycles. The molecule has 1 atom stereocenters. The number of aliphatic carboxylic acids is 1. The molecule has 0 spiro atoms. The fraction of sp³-hybridized carbons (Fsp3) is 0.156. The maximum Gasteiger partial charge on any atom is 0.305 e. The summed E-state index contributed by atoms with van der Waals surface area (Å²) in [5.41, 5.74) is 3.35. The van der Waals surface area contributed by atoms with Gasteiger partial charge in [-0.15, -0.1) is 0 Å². The molecule has 1 heterocycles. The lowest BCUT2D eigenvalue weighted by Gasteiger charge is -2.17. The van der Waals surface area contributed by atoms with Crippen molar-refractivity contribution in [3.8, 4) is 28.3 Å². The molecule has 5 aromatic rings. The number of halogens is 2. The van der Waals surface area contributed by atoms with Gasteiger partial charge in [-0.25, -0.2) is 8.78 Å². The minimum absolute atomic E-state index is 0.0320. The number of methoxy groups -OCH3 is 1. The molecule has 0 aliphatic heterocycles. The van der Waals surface area contributed by atoms with E-state index in [4.69, 9.17) is 14.9 Å². The smallest absolute Gasteiger partial charge is 0.305 e. The first kappa shape index (κ1) is 27.5. The minimum atomic E-state index is -0.990. The number of rotatable bonds is 9. The number of carboxylic acid groups (broad SMARTS) is 1. The highest BCUT2D eigenvalue weighted by Crippen LogP contribution is 2.34. The Morgan fingerprint density at radius 2 is 1.68 bits per heavy atom. The van der Waals surface area contributed by atoms with Gasteiger partial charge in [0.2, 0.25) is 0 Å². The van der Waals surface area contributed by atoms with E-state index < -0.39 is 17.6 Å². The summed E-state index contributed by atoms with van der Waals surface area (Å²) < 4.78 is 35.5. The van der Waals surface area contributed by atoms with Gasteiger partial charge >= 0.3 is 5.97 Å². The Balaban J connectivity index is 1.53. The average Bonchev–Trinajstić information content (AvgIpc) is 3.41. The largest absolute Gasteiger partial charge is 0.497 e. The predicted molar refractivity (Wildman–Crippen MR) is 152 cm³/mol. The van der Waals surface area contributed by atoms with Crippen molar-refractivity contribution in [1.82, 2.24) is 15.1 Å². The van der Waals surface area contributed by atoms with Crippen molar-refractivity contribution in [3.05, 3.63) is 108 Å².